The summed E-state index contributed by atoms with van der Waals surface area (Å²) in [7, 11) is 0. The highest BCUT2D eigenvalue weighted by Crippen LogP contribution is 2.44. The lowest BCUT2D eigenvalue weighted by Gasteiger charge is -2.54. The molecule has 1 fully saturated rings. The van der Waals surface area contributed by atoms with Gasteiger partial charge in [-0.25, -0.2) is 4.79 Å². The SMILES string of the molecule is Nc1nnc(SCC2=C(C(=O)O)N3C(=O)[C@](N)(NC=O)[C@@H]3SC2)s1. The fourth-order valence-corrected chi connectivity index (χ4v) is 5.57. The Balaban J connectivity index is 1.83. The van der Waals surface area contributed by atoms with Crippen molar-refractivity contribution in [3.63, 3.8) is 0 Å². The molecule has 2 aliphatic rings. The molecule has 10 nitrogen and oxygen atoms in total. The van der Waals surface area contributed by atoms with Crippen LogP contribution in [0, 0.1) is 0 Å². The third-order valence-electron chi connectivity index (χ3n) is 3.48. The molecule has 0 bridgehead atoms. The van der Waals surface area contributed by atoms with E-state index >= 15 is 0 Å². The quantitative estimate of drug-likeness (QED) is 0.203. The molecule has 0 saturated carbocycles. The van der Waals surface area contributed by atoms with Gasteiger partial charge in [-0.2, -0.15) is 0 Å². The van der Waals surface area contributed by atoms with Crippen LogP contribution < -0.4 is 16.8 Å². The van der Waals surface area contributed by atoms with Crippen molar-refractivity contribution in [2.45, 2.75) is 15.4 Å². The fourth-order valence-electron chi connectivity index (χ4n) is 2.41. The van der Waals surface area contributed by atoms with E-state index in [0.717, 1.165) is 4.90 Å². The van der Waals surface area contributed by atoms with Gasteiger partial charge in [0.15, 0.2) is 4.34 Å². The number of nitrogens with zero attached hydrogens (tertiary/aromatic N) is 3. The van der Waals surface area contributed by atoms with Crippen LogP contribution in [0.1, 0.15) is 0 Å². The highest BCUT2D eigenvalue weighted by Gasteiger charge is 2.62. The van der Waals surface area contributed by atoms with Crippen molar-refractivity contribution in [3.8, 4) is 0 Å². The third-order valence-corrected chi connectivity index (χ3v) is 6.87. The third kappa shape index (κ3) is 2.62. The largest absolute Gasteiger partial charge is 0.477 e. The zero-order chi connectivity index (χ0) is 17.5. The summed E-state index contributed by atoms with van der Waals surface area (Å²) in [5.74, 6) is -1.16. The molecule has 24 heavy (non-hydrogen) atoms. The maximum Gasteiger partial charge on any atom is 0.352 e. The molecule has 1 aromatic rings. The van der Waals surface area contributed by atoms with E-state index in [2.05, 4.69) is 15.5 Å². The number of carbonyl (C=O) groups excluding carboxylic acids is 2. The Morgan fingerprint density at radius 2 is 2.33 bits per heavy atom. The van der Waals surface area contributed by atoms with Gasteiger partial charge in [0.2, 0.25) is 17.2 Å². The molecule has 128 valence electrons. The molecule has 3 heterocycles. The molecule has 1 aromatic heterocycles. The molecular formula is C11H12N6O4S3. The summed E-state index contributed by atoms with van der Waals surface area (Å²) in [5, 5.41) is 19.0. The molecule has 0 aliphatic carbocycles. The van der Waals surface area contributed by atoms with Gasteiger partial charge in [-0.3, -0.25) is 20.2 Å². The fraction of sp³-hybridized carbons (Fsp3) is 0.364. The number of rotatable bonds is 6. The van der Waals surface area contributed by atoms with Gasteiger partial charge in [-0.05, 0) is 5.57 Å². The zero-order valence-corrected chi connectivity index (χ0v) is 14.4. The molecule has 0 radical (unpaired) electrons. The van der Waals surface area contributed by atoms with E-state index in [4.69, 9.17) is 11.5 Å². The Kier molecular flexibility index (Phi) is 4.42. The van der Waals surface area contributed by atoms with Crippen LogP contribution in [0.4, 0.5) is 5.13 Å². The number of amides is 2. The molecule has 13 heteroatoms. The summed E-state index contributed by atoms with van der Waals surface area (Å²) in [6, 6.07) is 0. The van der Waals surface area contributed by atoms with Crippen LogP contribution in [-0.2, 0) is 14.4 Å². The van der Waals surface area contributed by atoms with Crippen molar-refractivity contribution >= 4 is 58.3 Å². The number of nitrogens with one attached hydrogen (secondary N) is 1. The number of carboxylic acid groups (broad SMARTS) is 1. The van der Waals surface area contributed by atoms with Gasteiger partial charge in [0.1, 0.15) is 11.1 Å². The molecule has 6 N–H and O–H groups in total. The lowest BCUT2D eigenvalue weighted by Crippen LogP contribution is -2.83. The number of hydrogen-bond acceptors (Lipinski definition) is 10. The summed E-state index contributed by atoms with van der Waals surface area (Å²) in [6.07, 6.45) is 0.338. The Labute approximate surface area is 148 Å². The summed E-state index contributed by atoms with van der Waals surface area (Å²) in [6.45, 7) is 0. The number of β-lactam (4-membered cyclic amide) rings is 1. The first-order valence-electron chi connectivity index (χ1n) is 6.51. The van der Waals surface area contributed by atoms with Gasteiger partial charge in [0.25, 0.3) is 5.91 Å². The summed E-state index contributed by atoms with van der Waals surface area (Å²) < 4.78 is 0.614. The second-order valence-corrected chi connectivity index (χ2v) is 8.22. The van der Waals surface area contributed by atoms with Crippen molar-refractivity contribution in [2.75, 3.05) is 17.2 Å². The van der Waals surface area contributed by atoms with E-state index in [1.165, 1.54) is 34.9 Å². The number of nitrogen functional groups attached to an aromatic ring is 1. The second-order valence-electron chi connectivity index (χ2n) is 4.92. The average Bonchev–Trinajstić information content (AvgIpc) is 2.97. The molecule has 1 saturated heterocycles. The first kappa shape index (κ1) is 17.0. The number of carbonyl (C=O) groups is 3. The zero-order valence-electron chi connectivity index (χ0n) is 12.0. The number of nitrogens with two attached hydrogens (primary N) is 2. The topological polar surface area (TPSA) is 165 Å². The monoisotopic (exact) mass is 388 g/mol. The van der Waals surface area contributed by atoms with Gasteiger partial charge in [0.05, 0.1) is 0 Å². The van der Waals surface area contributed by atoms with Crippen LogP contribution >= 0.6 is 34.9 Å². The van der Waals surface area contributed by atoms with E-state index in [0.29, 0.717) is 33.0 Å². The minimum atomic E-state index is -1.57. The van der Waals surface area contributed by atoms with Gasteiger partial charge in [-0.1, -0.05) is 23.1 Å². The summed E-state index contributed by atoms with van der Waals surface area (Å²) >= 11 is 3.80. The number of anilines is 1. The molecule has 2 aliphatic heterocycles. The van der Waals surface area contributed by atoms with Gasteiger partial charge < -0.3 is 16.2 Å². The number of hydrogen-bond donors (Lipinski definition) is 4. The normalized spacial score (nSPS) is 26.0. The molecule has 0 aromatic carbocycles. The van der Waals surface area contributed by atoms with Gasteiger partial charge in [0, 0.05) is 11.5 Å². The van der Waals surface area contributed by atoms with E-state index in [9.17, 15) is 19.5 Å². The summed E-state index contributed by atoms with van der Waals surface area (Å²) in [4.78, 5) is 35.7. The lowest BCUT2D eigenvalue weighted by molar-refractivity contribution is -0.157. The predicted molar refractivity (Wildman–Crippen MR) is 88.9 cm³/mol. The average molecular weight is 388 g/mol. The van der Waals surface area contributed by atoms with Gasteiger partial charge in [-0.15, -0.1) is 22.0 Å². The van der Waals surface area contributed by atoms with Crippen molar-refractivity contribution < 1.29 is 19.5 Å². The number of thioether (sulfide) groups is 2. The van der Waals surface area contributed by atoms with E-state index in [1.54, 1.807) is 0 Å². The number of carboxylic acids is 1. The molecular weight excluding hydrogens is 376 g/mol. The standard InChI is InChI=1S/C11H12N6O4S3/c12-9-15-16-10(24-9)23-2-4-1-22-8-11(13,14-3-18)7(21)17(8)5(4)6(19)20/h3,8H,1-2,13H2,(H2,12,15)(H,14,18)(H,19,20)/t8-,11-/m0/s1. The molecule has 0 spiro atoms. The van der Waals surface area contributed by atoms with E-state index < -0.39 is 22.9 Å². The van der Waals surface area contributed by atoms with Crippen molar-refractivity contribution in [1.82, 2.24) is 20.4 Å². The van der Waals surface area contributed by atoms with Crippen molar-refractivity contribution in [2.24, 2.45) is 5.73 Å². The Morgan fingerprint density at radius 1 is 1.58 bits per heavy atom. The van der Waals surface area contributed by atoms with Crippen LogP contribution in [-0.4, -0.2) is 61.0 Å². The van der Waals surface area contributed by atoms with E-state index in [1.807, 2.05) is 0 Å². The van der Waals surface area contributed by atoms with Gasteiger partial charge >= 0.3 is 5.97 Å². The highest BCUT2D eigenvalue weighted by atomic mass is 32.2. The first-order valence-corrected chi connectivity index (χ1v) is 9.36. The Bertz CT molecular complexity index is 752. The number of aliphatic carboxylic acids is 1. The Hall–Kier alpha value is -1.83. The van der Waals surface area contributed by atoms with E-state index in [-0.39, 0.29) is 5.70 Å². The van der Waals surface area contributed by atoms with Crippen molar-refractivity contribution in [3.05, 3.63) is 11.3 Å². The molecule has 0 unspecified atom stereocenters. The van der Waals surface area contributed by atoms with Crippen LogP contribution in [0.15, 0.2) is 15.6 Å². The lowest BCUT2D eigenvalue weighted by atomic mass is 9.97. The van der Waals surface area contributed by atoms with Crippen LogP contribution in [0.2, 0.25) is 0 Å². The minimum absolute atomic E-state index is 0.0949. The molecule has 2 amide bonds. The number of fused-ring (bicyclic) bond motifs is 1. The van der Waals surface area contributed by atoms with Crippen LogP contribution in [0.25, 0.3) is 0 Å². The predicted octanol–water partition coefficient (Wildman–Crippen LogP) is -1.13. The van der Waals surface area contributed by atoms with Crippen LogP contribution in [0.5, 0.6) is 0 Å². The first-order chi connectivity index (χ1) is 11.4. The second kappa shape index (κ2) is 6.23. The highest BCUT2D eigenvalue weighted by molar-refractivity contribution is 8.02. The maximum absolute atomic E-state index is 12.3. The minimum Gasteiger partial charge on any atom is -0.477 e. The Morgan fingerprint density at radius 3 is 2.92 bits per heavy atom. The maximum atomic E-state index is 12.3. The van der Waals surface area contributed by atoms with Crippen molar-refractivity contribution in [1.29, 1.82) is 0 Å². The summed E-state index contributed by atoms with van der Waals surface area (Å²) in [5.41, 5.74) is 10.3. The smallest absolute Gasteiger partial charge is 0.352 e. The number of aromatic nitrogens is 2. The van der Waals surface area contributed by atoms with Crippen LogP contribution in [0.3, 0.4) is 0 Å². The molecule has 2 atom stereocenters. The molecule has 3 rings (SSSR count).